The number of nitrogens with one attached hydrogen (secondary N) is 2. The molecule has 1 fully saturated rings. The number of carbonyl (C=O) groups excluding carboxylic acids is 4. The maximum Gasteiger partial charge on any atom is 0.264 e. The number of benzene rings is 2. The molecule has 9 heteroatoms. The van der Waals surface area contributed by atoms with Gasteiger partial charge in [0.1, 0.15) is 6.04 Å². The quantitative estimate of drug-likeness (QED) is 0.423. The number of amides is 4. The van der Waals surface area contributed by atoms with Gasteiger partial charge >= 0.3 is 0 Å². The number of rotatable bonds is 6. The van der Waals surface area contributed by atoms with Crippen LogP contribution in [-0.4, -0.2) is 44.4 Å². The fourth-order valence-electron chi connectivity index (χ4n) is 4.33. The molecule has 5 rings (SSSR count). The third kappa shape index (κ3) is 4.17. The summed E-state index contributed by atoms with van der Waals surface area (Å²) in [6, 6.07) is 11.9. The van der Waals surface area contributed by atoms with Crippen LogP contribution >= 0.6 is 0 Å². The molecule has 2 aliphatic rings. The molecule has 0 bridgehead atoms. The van der Waals surface area contributed by atoms with Crippen molar-refractivity contribution in [2.75, 3.05) is 5.32 Å². The first-order valence-electron chi connectivity index (χ1n) is 11.1. The number of terminal acetylenes is 1. The zero-order chi connectivity index (χ0) is 24.5. The fourth-order valence-corrected chi connectivity index (χ4v) is 4.33. The molecule has 35 heavy (non-hydrogen) atoms. The first-order chi connectivity index (χ1) is 16.9. The summed E-state index contributed by atoms with van der Waals surface area (Å²) in [4.78, 5) is 50.9. The molecule has 2 aromatic carbocycles. The van der Waals surface area contributed by atoms with Crippen LogP contribution in [0.15, 0.2) is 54.9 Å². The lowest BCUT2D eigenvalue weighted by Crippen LogP contribution is -2.54. The van der Waals surface area contributed by atoms with Crippen LogP contribution < -0.4 is 10.6 Å². The third-order valence-corrected chi connectivity index (χ3v) is 6.12. The summed E-state index contributed by atoms with van der Waals surface area (Å²) in [5.74, 6) is 0.450. The molecule has 0 radical (unpaired) electrons. The average Bonchev–Trinajstić information content (AvgIpc) is 3.41. The second kappa shape index (κ2) is 8.91. The zero-order valence-corrected chi connectivity index (χ0v) is 18.7. The molecule has 2 N–H and O–H groups in total. The van der Waals surface area contributed by atoms with Crippen LogP contribution in [0.3, 0.4) is 0 Å². The van der Waals surface area contributed by atoms with Gasteiger partial charge in [-0.05, 0) is 29.7 Å². The van der Waals surface area contributed by atoms with Crippen LogP contribution in [0.1, 0.15) is 50.2 Å². The predicted molar refractivity (Wildman–Crippen MR) is 126 cm³/mol. The number of nitrogens with zero attached hydrogens (tertiary/aromatic N) is 3. The van der Waals surface area contributed by atoms with Gasteiger partial charge in [-0.3, -0.25) is 34.1 Å². The van der Waals surface area contributed by atoms with Gasteiger partial charge in [0.25, 0.3) is 11.8 Å². The van der Waals surface area contributed by atoms with Crippen molar-refractivity contribution in [3.8, 4) is 12.3 Å². The lowest BCUT2D eigenvalue weighted by molar-refractivity contribution is -0.136. The van der Waals surface area contributed by atoms with Crippen LogP contribution in [0.5, 0.6) is 0 Å². The second-order valence-electron chi connectivity index (χ2n) is 8.42. The molecule has 3 aromatic rings. The molecule has 1 aromatic heterocycles. The summed E-state index contributed by atoms with van der Waals surface area (Å²) in [5.41, 5.74) is 3.76. The lowest BCUT2D eigenvalue weighted by Gasteiger charge is -2.27. The van der Waals surface area contributed by atoms with Crippen LogP contribution in [0.2, 0.25) is 0 Å². The van der Waals surface area contributed by atoms with Gasteiger partial charge < -0.3 is 5.32 Å². The molecule has 1 unspecified atom stereocenters. The van der Waals surface area contributed by atoms with E-state index in [4.69, 9.17) is 6.42 Å². The van der Waals surface area contributed by atoms with E-state index in [-0.39, 0.29) is 24.0 Å². The summed E-state index contributed by atoms with van der Waals surface area (Å²) in [6.45, 7) is 1.02. The van der Waals surface area contributed by atoms with Gasteiger partial charge in [0.15, 0.2) is 0 Å². The van der Waals surface area contributed by atoms with Crippen molar-refractivity contribution in [1.82, 2.24) is 20.0 Å². The van der Waals surface area contributed by atoms with E-state index in [2.05, 4.69) is 21.7 Å². The van der Waals surface area contributed by atoms with Crippen molar-refractivity contribution in [3.63, 3.8) is 0 Å². The van der Waals surface area contributed by atoms with Gasteiger partial charge in [0.2, 0.25) is 11.8 Å². The minimum atomic E-state index is -0.994. The van der Waals surface area contributed by atoms with Crippen molar-refractivity contribution < 1.29 is 19.2 Å². The number of anilines is 1. The van der Waals surface area contributed by atoms with E-state index in [1.165, 1.54) is 0 Å². The number of hydrogen-bond acceptors (Lipinski definition) is 6. The van der Waals surface area contributed by atoms with E-state index in [1.807, 2.05) is 30.5 Å². The minimum absolute atomic E-state index is 0.0797. The first kappa shape index (κ1) is 22.1. The normalized spacial score (nSPS) is 17.2. The Hall–Kier alpha value is -4.71. The Balaban J connectivity index is 1.29. The van der Waals surface area contributed by atoms with Crippen molar-refractivity contribution in [1.29, 1.82) is 0 Å². The Labute approximate surface area is 201 Å². The number of carbonyl (C=O) groups is 4. The molecular weight excluding hydrogens is 446 g/mol. The van der Waals surface area contributed by atoms with E-state index in [0.717, 1.165) is 21.6 Å². The predicted octanol–water partition coefficient (Wildman–Crippen LogP) is 1.93. The summed E-state index contributed by atoms with van der Waals surface area (Å²) in [6.07, 6.45) is 9.03. The molecule has 0 saturated carbocycles. The van der Waals surface area contributed by atoms with Crippen LogP contribution in [0, 0.1) is 12.3 Å². The van der Waals surface area contributed by atoms with Crippen LogP contribution in [-0.2, 0) is 22.7 Å². The van der Waals surface area contributed by atoms with Gasteiger partial charge in [-0.2, -0.15) is 5.10 Å². The molecule has 4 amide bonds. The Morgan fingerprint density at radius 1 is 1.06 bits per heavy atom. The lowest BCUT2D eigenvalue weighted by atomic mass is 10.0. The highest BCUT2D eigenvalue weighted by Crippen LogP contribution is 2.32. The molecule has 3 heterocycles. The molecule has 1 saturated heterocycles. The highest BCUT2D eigenvalue weighted by molar-refractivity contribution is 6.25. The fraction of sp³-hybridized carbons (Fsp3) is 0.192. The van der Waals surface area contributed by atoms with Gasteiger partial charge in [0.05, 0.1) is 29.4 Å². The number of aromatic nitrogens is 2. The summed E-state index contributed by atoms with van der Waals surface area (Å²) in [7, 11) is 0. The summed E-state index contributed by atoms with van der Waals surface area (Å²) >= 11 is 0. The second-order valence-corrected chi connectivity index (χ2v) is 8.42. The van der Waals surface area contributed by atoms with Gasteiger partial charge in [0, 0.05) is 24.8 Å². The third-order valence-electron chi connectivity index (χ3n) is 6.12. The molecule has 9 nitrogen and oxygen atoms in total. The van der Waals surface area contributed by atoms with E-state index in [0.29, 0.717) is 18.8 Å². The Morgan fingerprint density at radius 3 is 2.54 bits per heavy atom. The van der Waals surface area contributed by atoms with Crippen molar-refractivity contribution in [2.24, 2.45) is 0 Å². The van der Waals surface area contributed by atoms with Crippen molar-refractivity contribution in [3.05, 3.63) is 82.7 Å². The SMILES string of the molecule is C#Cc1cnn(Cc2ccc(CNc3cccc4c3C(=O)N(C3CCC(=O)NC3=O)C4=O)cc2)c1. The molecule has 2 aliphatic heterocycles. The maximum absolute atomic E-state index is 13.2. The largest absolute Gasteiger partial charge is 0.380 e. The van der Waals surface area contributed by atoms with Crippen LogP contribution in [0.4, 0.5) is 5.69 Å². The van der Waals surface area contributed by atoms with Crippen molar-refractivity contribution >= 4 is 29.3 Å². The average molecular weight is 467 g/mol. The minimum Gasteiger partial charge on any atom is -0.380 e. The number of hydrogen-bond donors (Lipinski definition) is 2. The highest BCUT2D eigenvalue weighted by Gasteiger charge is 2.45. The first-order valence-corrected chi connectivity index (χ1v) is 11.1. The topological polar surface area (TPSA) is 113 Å². The number of fused-ring (bicyclic) bond motifs is 1. The van der Waals surface area contributed by atoms with Crippen molar-refractivity contribution in [2.45, 2.75) is 32.0 Å². The van der Waals surface area contributed by atoms with Gasteiger partial charge in [-0.15, -0.1) is 6.42 Å². The smallest absolute Gasteiger partial charge is 0.264 e. The van der Waals surface area contributed by atoms with E-state index < -0.39 is 29.7 Å². The molecule has 0 aliphatic carbocycles. The van der Waals surface area contributed by atoms with Gasteiger partial charge in [-0.25, -0.2) is 0 Å². The maximum atomic E-state index is 13.2. The summed E-state index contributed by atoms with van der Waals surface area (Å²) in [5, 5.41) is 9.68. The zero-order valence-electron chi connectivity index (χ0n) is 18.7. The monoisotopic (exact) mass is 467 g/mol. The van der Waals surface area contributed by atoms with E-state index in [9.17, 15) is 19.2 Å². The molecule has 1 atom stereocenters. The highest BCUT2D eigenvalue weighted by atomic mass is 16.2. The standard InChI is InChI=1S/C26H21N5O4/c1-2-16-13-28-30(14-16)15-18-8-6-17(7-9-18)12-27-20-5-3-4-19-23(20)26(35)31(25(19)34)21-10-11-22(32)29-24(21)33/h1,3-9,13-14,21,27H,10-12,15H2,(H,29,32,33). The summed E-state index contributed by atoms with van der Waals surface area (Å²) < 4.78 is 1.77. The van der Waals surface area contributed by atoms with E-state index >= 15 is 0 Å². The van der Waals surface area contributed by atoms with E-state index in [1.54, 1.807) is 29.1 Å². The number of piperidine rings is 1. The number of imide groups is 2. The molecular formula is C26H21N5O4. The molecule has 0 spiro atoms. The Bertz CT molecular complexity index is 1400. The molecule has 174 valence electrons. The van der Waals surface area contributed by atoms with Gasteiger partial charge in [-0.1, -0.05) is 36.3 Å². The van der Waals surface area contributed by atoms with Crippen LogP contribution in [0.25, 0.3) is 0 Å². The Morgan fingerprint density at radius 2 is 1.83 bits per heavy atom. The Kier molecular flexibility index (Phi) is 5.63.